The van der Waals surface area contributed by atoms with E-state index in [9.17, 15) is 9.59 Å². The molecule has 2 amide bonds. The second-order valence-electron chi connectivity index (χ2n) is 8.24. The highest BCUT2D eigenvalue weighted by atomic mass is 32.1. The Morgan fingerprint density at radius 2 is 1.88 bits per heavy atom. The molecule has 0 spiro atoms. The van der Waals surface area contributed by atoms with Crippen LogP contribution in [0.2, 0.25) is 0 Å². The number of aromatic nitrogens is 2. The van der Waals surface area contributed by atoms with E-state index >= 15 is 0 Å². The molecular weight excluding hydrogens is 420 g/mol. The molecule has 0 radical (unpaired) electrons. The summed E-state index contributed by atoms with van der Waals surface area (Å²) in [5, 5.41) is 5.09. The maximum Gasteiger partial charge on any atom is 0.290 e. The molecule has 1 aliphatic heterocycles. The number of carbonyl (C=O) groups is 2. The van der Waals surface area contributed by atoms with E-state index in [4.69, 9.17) is 0 Å². The lowest BCUT2D eigenvalue weighted by atomic mass is 9.94. The van der Waals surface area contributed by atoms with Crippen molar-refractivity contribution in [3.63, 3.8) is 0 Å². The van der Waals surface area contributed by atoms with Crippen molar-refractivity contribution < 1.29 is 9.59 Å². The molecule has 1 aliphatic rings. The van der Waals surface area contributed by atoms with E-state index in [1.165, 1.54) is 4.88 Å². The molecule has 162 valence electrons. The Hall–Kier alpha value is -3.45. The lowest BCUT2D eigenvalue weighted by molar-refractivity contribution is -0.133. The second-order valence-corrected chi connectivity index (χ2v) is 9.27. The summed E-state index contributed by atoms with van der Waals surface area (Å²) in [4.78, 5) is 34.6. The molecule has 0 saturated heterocycles. The summed E-state index contributed by atoms with van der Waals surface area (Å²) in [6, 6.07) is 21.5. The number of hydrogen-bond acceptors (Lipinski definition) is 4. The van der Waals surface area contributed by atoms with E-state index in [-0.39, 0.29) is 11.8 Å². The van der Waals surface area contributed by atoms with Crippen LogP contribution in [0.1, 0.15) is 28.0 Å². The van der Waals surface area contributed by atoms with Gasteiger partial charge >= 0.3 is 0 Å². The zero-order valence-electron chi connectivity index (χ0n) is 17.8. The van der Waals surface area contributed by atoms with Gasteiger partial charge in [0.05, 0.1) is 17.6 Å². The minimum atomic E-state index is -1.03. The monoisotopic (exact) mass is 444 g/mol. The number of hydrogen-bond donors (Lipinski definition) is 1. The molecule has 0 aliphatic carbocycles. The van der Waals surface area contributed by atoms with Gasteiger partial charge in [0.15, 0.2) is 5.82 Å². The lowest BCUT2D eigenvalue weighted by Gasteiger charge is -2.43. The number of thiophene rings is 1. The Morgan fingerprint density at radius 3 is 2.66 bits per heavy atom. The molecule has 0 fully saturated rings. The zero-order valence-corrected chi connectivity index (χ0v) is 18.6. The van der Waals surface area contributed by atoms with Crippen molar-refractivity contribution in [3.8, 4) is 0 Å². The molecule has 2 aromatic carbocycles. The van der Waals surface area contributed by atoms with Gasteiger partial charge in [-0.3, -0.25) is 9.59 Å². The van der Waals surface area contributed by atoms with Crippen LogP contribution in [0.4, 0.5) is 0 Å². The Bertz CT molecular complexity index is 1270. The topological polar surface area (TPSA) is 67.2 Å². The highest BCUT2D eigenvalue weighted by Crippen LogP contribution is 2.31. The van der Waals surface area contributed by atoms with Crippen LogP contribution in [0.15, 0.2) is 72.1 Å². The van der Waals surface area contributed by atoms with Crippen LogP contribution in [0.3, 0.4) is 0 Å². The number of carbonyl (C=O) groups excluding carboxylic acids is 2. The molecule has 6 nitrogen and oxygen atoms in total. The van der Waals surface area contributed by atoms with Gasteiger partial charge in [-0.1, -0.05) is 48.5 Å². The molecule has 4 aromatic rings. The lowest BCUT2D eigenvalue weighted by Crippen LogP contribution is -2.64. The highest BCUT2D eigenvalue weighted by Gasteiger charge is 2.48. The van der Waals surface area contributed by atoms with Crippen LogP contribution in [-0.4, -0.2) is 38.3 Å². The first kappa shape index (κ1) is 20.5. The second kappa shape index (κ2) is 8.24. The number of nitrogens with zero attached hydrogens (tertiary/aromatic N) is 3. The van der Waals surface area contributed by atoms with Gasteiger partial charge in [0, 0.05) is 18.0 Å². The third kappa shape index (κ3) is 3.58. The van der Waals surface area contributed by atoms with Crippen molar-refractivity contribution in [1.29, 1.82) is 0 Å². The van der Waals surface area contributed by atoms with Gasteiger partial charge in [-0.05, 0) is 42.5 Å². The molecule has 5 rings (SSSR count). The van der Waals surface area contributed by atoms with Crippen LogP contribution in [0.5, 0.6) is 0 Å². The van der Waals surface area contributed by atoms with Gasteiger partial charge in [-0.15, -0.1) is 11.3 Å². The van der Waals surface area contributed by atoms with Gasteiger partial charge < -0.3 is 14.8 Å². The molecule has 0 bridgehead atoms. The minimum absolute atomic E-state index is 0.163. The van der Waals surface area contributed by atoms with E-state index in [1.54, 1.807) is 16.2 Å². The number of amides is 2. The van der Waals surface area contributed by atoms with E-state index in [1.807, 2.05) is 77.5 Å². The third-order valence-electron chi connectivity index (χ3n) is 6.10. The first-order valence-electron chi connectivity index (χ1n) is 10.7. The standard InChI is InChI=1S/C25H24N4O2S/c1-25(24(31)26-16-18-8-3-2-4-9-18)17-28-21-12-6-5-11-20(21)27-22(28)23(30)29(25)14-13-19-10-7-15-32-19/h2-12,15H,13-14,16-17H2,1H3,(H,26,31). The zero-order chi connectivity index (χ0) is 22.1. The van der Waals surface area contributed by atoms with Gasteiger partial charge in [0.1, 0.15) is 5.54 Å². The maximum absolute atomic E-state index is 13.6. The first-order valence-corrected chi connectivity index (χ1v) is 11.6. The Labute approximate surface area is 190 Å². The number of imidazole rings is 1. The van der Waals surface area contributed by atoms with Crippen molar-refractivity contribution in [2.45, 2.75) is 32.0 Å². The molecule has 2 aromatic heterocycles. The molecule has 1 unspecified atom stereocenters. The van der Waals surface area contributed by atoms with Crippen LogP contribution < -0.4 is 5.32 Å². The summed E-state index contributed by atoms with van der Waals surface area (Å²) in [5.74, 6) is 0.0244. The largest absolute Gasteiger partial charge is 0.350 e. The predicted molar refractivity (Wildman–Crippen MR) is 125 cm³/mol. The minimum Gasteiger partial charge on any atom is -0.350 e. The fraction of sp³-hybridized carbons (Fsp3) is 0.240. The summed E-state index contributed by atoms with van der Waals surface area (Å²) >= 11 is 1.66. The summed E-state index contributed by atoms with van der Waals surface area (Å²) in [6.45, 7) is 3.09. The number of para-hydroxylation sites is 2. The summed E-state index contributed by atoms with van der Waals surface area (Å²) in [5.41, 5.74) is 1.63. The average Bonchev–Trinajstić information content (AvgIpc) is 3.46. The Morgan fingerprint density at radius 1 is 1.09 bits per heavy atom. The molecule has 0 saturated carbocycles. The Kier molecular flexibility index (Phi) is 5.27. The third-order valence-corrected chi connectivity index (χ3v) is 7.04. The van der Waals surface area contributed by atoms with Crippen LogP contribution in [0.25, 0.3) is 11.0 Å². The van der Waals surface area contributed by atoms with E-state index in [2.05, 4.69) is 16.4 Å². The quantitative estimate of drug-likeness (QED) is 0.491. The Balaban J connectivity index is 1.49. The smallest absolute Gasteiger partial charge is 0.290 e. The van der Waals surface area contributed by atoms with Crippen molar-refractivity contribution in [2.24, 2.45) is 0 Å². The van der Waals surface area contributed by atoms with Crippen molar-refractivity contribution in [3.05, 3.63) is 88.4 Å². The van der Waals surface area contributed by atoms with Gasteiger partial charge in [-0.2, -0.15) is 0 Å². The SMILES string of the molecule is CC1(C(=O)NCc2ccccc2)Cn2c(nc3ccccc32)C(=O)N1CCc1cccs1. The van der Waals surface area contributed by atoms with Gasteiger partial charge in [0.2, 0.25) is 5.91 Å². The predicted octanol–water partition coefficient (Wildman–Crippen LogP) is 3.87. The molecule has 3 heterocycles. The van der Waals surface area contributed by atoms with Crippen molar-refractivity contribution >= 4 is 34.2 Å². The number of benzene rings is 2. The van der Waals surface area contributed by atoms with Crippen molar-refractivity contribution in [2.75, 3.05) is 6.54 Å². The highest BCUT2D eigenvalue weighted by molar-refractivity contribution is 7.09. The molecule has 32 heavy (non-hydrogen) atoms. The molecule has 1 atom stereocenters. The van der Waals surface area contributed by atoms with Crippen molar-refractivity contribution in [1.82, 2.24) is 19.8 Å². The number of rotatable bonds is 6. The van der Waals surface area contributed by atoms with Crippen LogP contribution in [-0.2, 0) is 24.3 Å². The molecule has 1 N–H and O–H groups in total. The fourth-order valence-electron chi connectivity index (χ4n) is 4.33. The summed E-state index contributed by atoms with van der Waals surface area (Å²) in [6.07, 6.45) is 0.700. The van der Waals surface area contributed by atoms with Gasteiger partial charge in [0.25, 0.3) is 5.91 Å². The van der Waals surface area contributed by atoms with E-state index < -0.39 is 5.54 Å². The van der Waals surface area contributed by atoms with E-state index in [0.29, 0.717) is 31.9 Å². The number of fused-ring (bicyclic) bond motifs is 3. The van der Waals surface area contributed by atoms with Crippen LogP contribution >= 0.6 is 11.3 Å². The number of nitrogens with one attached hydrogen (secondary N) is 1. The molecule has 7 heteroatoms. The summed E-state index contributed by atoms with van der Waals surface area (Å²) in [7, 11) is 0. The maximum atomic E-state index is 13.6. The summed E-state index contributed by atoms with van der Waals surface area (Å²) < 4.78 is 1.89. The first-order chi connectivity index (χ1) is 15.6. The fourth-order valence-corrected chi connectivity index (χ4v) is 5.02. The average molecular weight is 445 g/mol. The van der Waals surface area contributed by atoms with Crippen LogP contribution in [0, 0.1) is 0 Å². The van der Waals surface area contributed by atoms with E-state index in [0.717, 1.165) is 16.6 Å². The molecular formula is C25H24N4O2S. The normalized spacial score (nSPS) is 18.0. The van der Waals surface area contributed by atoms with Gasteiger partial charge in [-0.25, -0.2) is 4.98 Å².